The zero-order valence-corrected chi connectivity index (χ0v) is 13.6. The summed E-state index contributed by atoms with van der Waals surface area (Å²) in [5.41, 5.74) is 1.38. The molecule has 110 valence electrons. The van der Waals surface area contributed by atoms with Crippen LogP contribution in [0.4, 0.5) is 0 Å². The van der Waals surface area contributed by atoms with Crippen LogP contribution < -0.4 is 11.2 Å². The largest absolute Gasteiger partial charge is 0.359 e. The Kier molecular flexibility index (Phi) is 5.86. The molecule has 0 unspecified atom stereocenters. The minimum atomic E-state index is 0.618. The molecule has 1 saturated heterocycles. The molecule has 4 nitrogen and oxygen atoms in total. The molecular formula is C15H23BrN4. The van der Waals surface area contributed by atoms with Crippen LogP contribution in [0.25, 0.3) is 0 Å². The van der Waals surface area contributed by atoms with E-state index in [1.54, 1.807) is 0 Å². The molecule has 1 aliphatic heterocycles. The number of amidine groups is 1. The standard InChI is InChI=1S/C15H23BrN4/c1-12(19-17)20-10-7-15(8-11-20)18-9-6-13-2-4-14(16)5-3-13/h2-5,15,18H,6-11,17H2,1H3. The van der Waals surface area contributed by atoms with Crippen LogP contribution in [0.2, 0.25) is 0 Å². The first kappa shape index (κ1) is 15.3. The second-order valence-electron chi connectivity index (χ2n) is 5.27. The Morgan fingerprint density at radius 2 is 2.00 bits per heavy atom. The Morgan fingerprint density at radius 3 is 2.60 bits per heavy atom. The monoisotopic (exact) mass is 338 g/mol. The lowest BCUT2D eigenvalue weighted by atomic mass is 10.0. The maximum Gasteiger partial charge on any atom is 0.121 e. The molecule has 0 amide bonds. The van der Waals surface area contributed by atoms with Gasteiger partial charge in [-0.15, -0.1) is 0 Å². The minimum absolute atomic E-state index is 0.618. The minimum Gasteiger partial charge on any atom is -0.359 e. The third kappa shape index (κ3) is 4.49. The average Bonchev–Trinajstić information content (AvgIpc) is 2.49. The van der Waals surface area contributed by atoms with Gasteiger partial charge in [0.1, 0.15) is 5.84 Å². The van der Waals surface area contributed by atoms with E-state index in [1.807, 2.05) is 6.92 Å². The van der Waals surface area contributed by atoms with Crippen LogP contribution >= 0.6 is 15.9 Å². The molecule has 1 aliphatic rings. The van der Waals surface area contributed by atoms with E-state index in [4.69, 9.17) is 5.84 Å². The van der Waals surface area contributed by atoms with Crippen molar-refractivity contribution in [1.29, 1.82) is 0 Å². The topological polar surface area (TPSA) is 53.6 Å². The number of likely N-dealkylation sites (tertiary alicyclic amines) is 1. The summed E-state index contributed by atoms with van der Waals surface area (Å²) in [5.74, 6) is 6.26. The Hall–Kier alpha value is -1.07. The zero-order chi connectivity index (χ0) is 14.4. The van der Waals surface area contributed by atoms with Crippen LogP contribution in [0.3, 0.4) is 0 Å². The predicted octanol–water partition coefficient (Wildman–Crippen LogP) is 2.34. The lowest BCUT2D eigenvalue weighted by Crippen LogP contribution is -2.44. The van der Waals surface area contributed by atoms with Gasteiger partial charge in [-0.05, 0) is 50.4 Å². The molecular weight excluding hydrogens is 316 g/mol. The lowest BCUT2D eigenvalue weighted by molar-refractivity contribution is 0.282. The molecule has 1 aromatic rings. The summed E-state index contributed by atoms with van der Waals surface area (Å²) >= 11 is 3.46. The normalized spacial score (nSPS) is 17.5. The van der Waals surface area contributed by atoms with Crippen LogP contribution in [-0.4, -0.2) is 36.4 Å². The molecule has 0 aliphatic carbocycles. The van der Waals surface area contributed by atoms with E-state index in [0.717, 1.165) is 49.2 Å². The van der Waals surface area contributed by atoms with E-state index >= 15 is 0 Å². The zero-order valence-electron chi connectivity index (χ0n) is 12.0. The van der Waals surface area contributed by atoms with Crippen molar-refractivity contribution >= 4 is 21.8 Å². The maximum atomic E-state index is 5.32. The number of benzene rings is 1. The summed E-state index contributed by atoms with van der Waals surface area (Å²) in [4.78, 5) is 2.26. The van der Waals surface area contributed by atoms with Gasteiger partial charge in [0.05, 0.1) is 0 Å². The summed E-state index contributed by atoms with van der Waals surface area (Å²) < 4.78 is 1.14. The fraction of sp³-hybridized carbons (Fsp3) is 0.533. The molecule has 1 heterocycles. The smallest absolute Gasteiger partial charge is 0.121 e. The Balaban J connectivity index is 1.67. The van der Waals surface area contributed by atoms with Crippen LogP contribution in [0.5, 0.6) is 0 Å². The molecule has 20 heavy (non-hydrogen) atoms. The highest BCUT2D eigenvalue weighted by Crippen LogP contribution is 2.12. The fourth-order valence-electron chi connectivity index (χ4n) is 2.56. The molecule has 0 saturated carbocycles. The van der Waals surface area contributed by atoms with E-state index < -0.39 is 0 Å². The van der Waals surface area contributed by atoms with Gasteiger partial charge in [-0.25, -0.2) is 0 Å². The van der Waals surface area contributed by atoms with Gasteiger partial charge in [0, 0.05) is 23.6 Å². The molecule has 1 fully saturated rings. The highest BCUT2D eigenvalue weighted by molar-refractivity contribution is 9.10. The average molecular weight is 339 g/mol. The van der Waals surface area contributed by atoms with Crippen molar-refractivity contribution in [1.82, 2.24) is 10.2 Å². The lowest BCUT2D eigenvalue weighted by Gasteiger charge is -2.33. The third-order valence-corrected chi connectivity index (χ3v) is 4.43. The van der Waals surface area contributed by atoms with Crippen molar-refractivity contribution < 1.29 is 0 Å². The van der Waals surface area contributed by atoms with Crippen LogP contribution in [-0.2, 0) is 6.42 Å². The van der Waals surface area contributed by atoms with Crippen molar-refractivity contribution in [2.75, 3.05) is 19.6 Å². The van der Waals surface area contributed by atoms with Gasteiger partial charge >= 0.3 is 0 Å². The van der Waals surface area contributed by atoms with Gasteiger partial charge in [-0.2, -0.15) is 5.10 Å². The van der Waals surface area contributed by atoms with E-state index in [0.29, 0.717) is 6.04 Å². The fourth-order valence-corrected chi connectivity index (χ4v) is 2.82. The molecule has 1 aromatic carbocycles. The van der Waals surface area contributed by atoms with Crippen LogP contribution in [0.1, 0.15) is 25.3 Å². The van der Waals surface area contributed by atoms with Crippen molar-refractivity contribution in [3.63, 3.8) is 0 Å². The number of nitrogens with one attached hydrogen (secondary N) is 1. The Morgan fingerprint density at radius 1 is 1.35 bits per heavy atom. The first-order valence-electron chi connectivity index (χ1n) is 7.16. The van der Waals surface area contributed by atoms with Gasteiger partial charge in [-0.3, -0.25) is 0 Å². The van der Waals surface area contributed by atoms with Gasteiger partial charge < -0.3 is 16.1 Å². The van der Waals surface area contributed by atoms with Gasteiger partial charge in [0.15, 0.2) is 0 Å². The summed E-state index contributed by atoms with van der Waals surface area (Å²) in [5, 5.41) is 7.42. The van der Waals surface area contributed by atoms with E-state index in [2.05, 4.69) is 55.5 Å². The highest BCUT2D eigenvalue weighted by atomic mass is 79.9. The molecule has 5 heteroatoms. The summed E-state index contributed by atoms with van der Waals surface area (Å²) in [6.07, 6.45) is 3.40. The second kappa shape index (κ2) is 7.64. The number of hydrazone groups is 1. The molecule has 0 bridgehead atoms. The van der Waals surface area contributed by atoms with E-state index in [1.165, 1.54) is 5.56 Å². The first-order valence-corrected chi connectivity index (χ1v) is 7.95. The van der Waals surface area contributed by atoms with Crippen molar-refractivity contribution in [3.05, 3.63) is 34.3 Å². The molecule has 0 aromatic heterocycles. The SMILES string of the molecule is CC(=NN)N1CCC(NCCc2ccc(Br)cc2)CC1. The van der Waals surface area contributed by atoms with Crippen LogP contribution in [0, 0.1) is 0 Å². The summed E-state index contributed by atoms with van der Waals surface area (Å²) in [7, 11) is 0. The van der Waals surface area contributed by atoms with Crippen LogP contribution in [0.15, 0.2) is 33.8 Å². The second-order valence-corrected chi connectivity index (χ2v) is 6.18. The Bertz CT molecular complexity index is 436. The number of nitrogens with two attached hydrogens (primary N) is 1. The van der Waals surface area contributed by atoms with Gasteiger partial charge in [0.25, 0.3) is 0 Å². The van der Waals surface area contributed by atoms with E-state index in [-0.39, 0.29) is 0 Å². The van der Waals surface area contributed by atoms with Crippen molar-refractivity contribution in [2.24, 2.45) is 10.9 Å². The summed E-state index contributed by atoms with van der Waals surface area (Å²) in [6.45, 7) is 5.10. The quantitative estimate of drug-likeness (QED) is 0.383. The number of hydrogen-bond donors (Lipinski definition) is 2. The van der Waals surface area contributed by atoms with E-state index in [9.17, 15) is 0 Å². The third-order valence-electron chi connectivity index (χ3n) is 3.90. The predicted molar refractivity (Wildman–Crippen MR) is 87.7 cm³/mol. The number of nitrogens with zero attached hydrogens (tertiary/aromatic N) is 2. The highest BCUT2D eigenvalue weighted by Gasteiger charge is 2.19. The molecule has 3 N–H and O–H groups in total. The number of hydrogen-bond acceptors (Lipinski definition) is 3. The molecule has 0 radical (unpaired) electrons. The maximum absolute atomic E-state index is 5.32. The Labute approximate surface area is 129 Å². The summed E-state index contributed by atoms with van der Waals surface area (Å²) in [6, 6.07) is 9.17. The van der Waals surface area contributed by atoms with Gasteiger partial charge in [-0.1, -0.05) is 28.1 Å². The molecule has 0 spiro atoms. The van der Waals surface area contributed by atoms with Gasteiger partial charge in [0.2, 0.25) is 0 Å². The molecule has 0 atom stereocenters. The van der Waals surface area contributed by atoms with Crippen molar-refractivity contribution in [3.8, 4) is 0 Å². The molecule has 2 rings (SSSR count). The van der Waals surface area contributed by atoms with Crippen molar-refractivity contribution in [2.45, 2.75) is 32.2 Å². The number of rotatable bonds is 4. The first-order chi connectivity index (χ1) is 9.69. The number of halogens is 1. The number of piperidine rings is 1.